The van der Waals surface area contributed by atoms with Gasteiger partial charge in [0.2, 0.25) is 0 Å². The Morgan fingerprint density at radius 1 is 0.375 bits per heavy atom. The predicted molar refractivity (Wildman–Crippen MR) is 190 cm³/mol. The average molecular weight is 635 g/mol. The molecule has 0 aliphatic carbocycles. The van der Waals surface area contributed by atoms with E-state index in [2.05, 4.69) is 96.5 Å². The molecule has 0 N–H and O–H groups in total. The number of nitrogens with zero attached hydrogens (tertiary/aromatic N) is 8. The topological polar surface area (TPSA) is 83.8 Å². The van der Waals surface area contributed by atoms with E-state index in [0.29, 0.717) is 13.1 Å². The Labute approximate surface area is 283 Å². The molecule has 0 amide bonds. The first-order valence-corrected chi connectivity index (χ1v) is 16.7. The summed E-state index contributed by atoms with van der Waals surface area (Å²) in [5.41, 5.74) is 7.39. The summed E-state index contributed by atoms with van der Waals surface area (Å²) in [5, 5.41) is 0. The summed E-state index contributed by atoms with van der Waals surface area (Å²) >= 11 is 0. The summed E-state index contributed by atoms with van der Waals surface area (Å²) < 4.78 is 0. The Balaban J connectivity index is 1.25. The van der Waals surface area contributed by atoms with Gasteiger partial charge in [-0.05, 0) is 54.6 Å². The smallest absolute Gasteiger partial charge is 0.159 e. The molecular weight excluding hydrogens is 592 g/mol. The fraction of sp³-hybridized carbons (Fsp3) is 0.250. The lowest BCUT2D eigenvalue weighted by Crippen LogP contribution is -2.30. The highest BCUT2D eigenvalue weighted by Gasteiger charge is 2.15. The summed E-state index contributed by atoms with van der Waals surface area (Å²) in [6.45, 7) is 4.87. The van der Waals surface area contributed by atoms with Crippen LogP contribution in [0.3, 0.4) is 0 Å². The van der Waals surface area contributed by atoms with Crippen molar-refractivity contribution >= 4 is 0 Å². The third kappa shape index (κ3) is 10.4. The first-order chi connectivity index (χ1) is 23.8. The molecule has 8 nitrogen and oxygen atoms in total. The molecular formula is C40H42N8. The molecule has 5 heterocycles. The molecule has 0 saturated heterocycles. The summed E-state index contributed by atoms with van der Waals surface area (Å²) in [6.07, 6.45) is 10.9. The van der Waals surface area contributed by atoms with Crippen molar-refractivity contribution in [3.8, 4) is 11.4 Å². The molecule has 0 spiro atoms. The second kappa shape index (κ2) is 17.7. The van der Waals surface area contributed by atoms with Crippen molar-refractivity contribution in [1.29, 1.82) is 0 Å². The van der Waals surface area contributed by atoms with Gasteiger partial charge in [0.25, 0.3) is 0 Å². The van der Waals surface area contributed by atoms with Gasteiger partial charge in [0.1, 0.15) is 0 Å². The molecule has 0 fully saturated rings. The van der Waals surface area contributed by atoms with Crippen LogP contribution in [0, 0.1) is 0 Å². The molecule has 0 unspecified atom stereocenters. The van der Waals surface area contributed by atoms with Crippen LogP contribution in [0.4, 0.5) is 0 Å². The van der Waals surface area contributed by atoms with Gasteiger partial charge in [-0.25, -0.2) is 9.97 Å². The van der Waals surface area contributed by atoms with Crippen LogP contribution in [-0.4, -0.2) is 65.9 Å². The maximum absolute atomic E-state index is 5.13. The van der Waals surface area contributed by atoms with Gasteiger partial charge in [-0.1, -0.05) is 54.6 Å². The van der Waals surface area contributed by atoms with Crippen molar-refractivity contribution < 1.29 is 0 Å². The molecule has 0 radical (unpaired) electrons. The Bertz CT molecular complexity index is 1570. The number of rotatable bonds is 17. The molecule has 8 heteroatoms. The maximum Gasteiger partial charge on any atom is 0.159 e. The lowest BCUT2D eigenvalue weighted by atomic mass is 10.1. The second-order valence-corrected chi connectivity index (χ2v) is 11.9. The minimum absolute atomic E-state index is 0.705. The average Bonchev–Trinajstić information content (AvgIpc) is 3.16. The van der Waals surface area contributed by atoms with Crippen LogP contribution in [0.25, 0.3) is 11.4 Å². The SMILES string of the molecule is c1ccc(-c2nc(CN(CCc3ccccn3)CCc3ccccn3)cc(CN(CCc3ccccn3)CCc3ccccn3)n2)cc1. The van der Waals surface area contributed by atoms with Crippen molar-refractivity contribution in [3.05, 3.63) is 168 Å². The monoisotopic (exact) mass is 634 g/mol. The van der Waals surface area contributed by atoms with Gasteiger partial charge in [0, 0.05) is 118 Å². The van der Waals surface area contributed by atoms with Crippen molar-refractivity contribution in [1.82, 2.24) is 39.7 Å². The van der Waals surface area contributed by atoms with Crippen LogP contribution in [0.5, 0.6) is 0 Å². The zero-order valence-electron chi connectivity index (χ0n) is 27.4. The molecule has 0 atom stereocenters. The minimum atomic E-state index is 0.705. The Morgan fingerprint density at radius 2 is 0.729 bits per heavy atom. The molecule has 242 valence electrons. The quantitative estimate of drug-likeness (QED) is 0.116. The number of pyridine rings is 4. The highest BCUT2D eigenvalue weighted by atomic mass is 15.1. The third-order valence-corrected chi connectivity index (χ3v) is 8.28. The molecule has 6 aromatic rings. The minimum Gasteiger partial charge on any atom is -0.297 e. The van der Waals surface area contributed by atoms with E-state index in [1.54, 1.807) is 0 Å². The molecule has 5 aromatic heterocycles. The molecule has 0 bridgehead atoms. The fourth-order valence-electron chi connectivity index (χ4n) is 5.70. The van der Waals surface area contributed by atoms with E-state index >= 15 is 0 Å². The van der Waals surface area contributed by atoms with Crippen LogP contribution in [0.1, 0.15) is 34.2 Å². The zero-order chi connectivity index (χ0) is 32.6. The number of aromatic nitrogens is 6. The van der Waals surface area contributed by atoms with Crippen LogP contribution in [0.2, 0.25) is 0 Å². The van der Waals surface area contributed by atoms with Crippen molar-refractivity contribution in [2.75, 3.05) is 26.2 Å². The normalized spacial score (nSPS) is 11.3. The molecule has 0 saturated carbocycles. The van der Waals surface area contributed by atoms with E-state index in [1.165, 1.54) is 0 Å². The Kier molecular flexibility index (Phi) is 12.0. The van der Waals surface area contributed by atoms with Gasteiger partial charge in [-0.3, -0.25) is 29.7 Å². The summed E-state index contributed by atoms with van der Waals surface area (Å²) in [7, 11) is 0. The molecule has 0 aliphatic heterocycles. The number of hydrogen-bond acceptors (Lipinski definition) is 8. The van der Waals surface area contributed by atoms with Crippen LogP contribution < -0.4 is 0 Å². The summed E-state index contributed by atoms with van der Waals surface area (Å²) in [5.74, 6) is 0.756. The van der Waals surface area contributed by atoms with Crippen LogP contribution >= 0.6 is 0 Å². The first kappa shape index (κ1) is 32.7. The zero-order valence-corrected chi connectivity index (χ0v) is 27.4. The Hall–Kier alpha value is -5.18. The Morgan fingerprint density at radius 3 is 1.06 bits per heavy atom. The predicted octanol–water partition coefficient (Wildman–Crippen LogP) is 6.30. The van der Waals surface area contributed by atoms with E-state index in [4.69, 9.17) is 9.97 Å². The van der Waals surface area contributed by atoms with Crippen LogP contribution in [-0.2, 0) is 38.8 Å². The highest BCUT2D eigenvalue weighted by Crippen LogP contribution is 2.19. The van der Waals surface area contributed by atoms with Crippen molar-refractivity contribution in [3.63, 3.8) is 0 Å². The van der Waals surface area contributed by atoms with Crippen molar-refractivity contribution in [2.45, 2.75) is 38.8 Å². The van der Waals surface area contributed by atoms with Crippen molar-refractivity contribution in [2.24, 2.45) is 0 Å². The lowest BCUT2D eigenvalue weighted by molar-refractivity contribution is 0.262. The van der Waals surface area contributed by atoms with Gasteiger partial charge in [-0.15, -0.1) is 0 Å². The van der Waals surface area contributed by atoms with E-state index in [9.17, 15) is 0 Å². The molecule has 48 heavy (non-hydrogen) atoms. The third-order valence-electron chi connectivity index (χ3n) is 8.28. The van der Waals surface area contributed by atoms with Crippen LogP contribution in [0.15, 0.2) is 134 Å². The summed E-state index contributed by atoms with van der Waals surface area (Å²) in [4.78, 5) is 33.5. The largest absolute Gasteiger partial charge is 0.297 e. The van der Waals surface area contributed by atoms with Gasteiger partial charge in [0.15, 0.2) is 5.82 Å². The number of benzene rings is 1. The standard InChI is InChI=1S/C40H42N8/c1-2-12-33(13-3-1)40-45-38(31-47(26-18-34-14-4-8-22-41-34)27-19-35-15-5-9-23-42-35)30-39(46-40)32-48(28-20-36-16-6-10-24-43-36)29-21-37-17-7-11-25-44-37/h1-17,22-25,30H,18-21,26-29,31-32H2. The lowest BCUT2D eigenvalue weighted by Gasteiger charge is -2.24. The summed E-state index contributed by atoms with van der Waals surface area (Å²) in [6, 6.07) is 36.9. The fourth-order valence-corrected chi connectivity index (χ4v) is 5.70. The van der Waals surface area contributed by atoms with Gasteiger partial charge < -0.3 is 0 Å². The maximum atomic E-state index is 5.13. The van der Waals surface area contributed by atoms with E-state index in [1.807, 2.05) is 67.3 Å². The number of hydrogen-bond donors (Lipinski definition) is 0. The van der Waals surface area contributed by atoms with E-state index in [-0.39, 0.29) is 0 Å². The van der Waals surface area contributed by atoms with E-state index < -0.39 is 0 Å². The molecule has 6 rings (SSSR count). The molecule has 1 aromatic carbocycles. The molecule has 0 aliphatic rings. The van der Waals surface area contributed by atoms with Gasteiger partial charge >= 0.3 is 0 Å². The highest BCUT2D eigenvalue weighted by molar-refractivity contribution is 5.54. The second-order valence-electron chi connectivity index (χ2n) is 11.9. The first-order valence-electron chi connectivity index (χ1n) is 16.7. The van der Waals surface area contributed by atoms with Gasteiger partial charge in [-0.2, -0.15) is 0 Å². The van der Waals surface area contributed by atoms with Gasteiger partial charge in [0.05, 0.1) is 11.4 Å². The van der Waals surface area contributed by atoms with E-state index in [0.717, 1.165) is 97.4 Å².